The molecule has 2 fully saturated rings. The van der Waals surface area contributed by atoms with Crippen LogP contribution in [-0.2, 0) is 18.8 Å². The van der Waals surface area contributed by atoms with E-state index in [2.05, 4.69) is 5.32 Å². The number of anilines is 1. The number of rotatable bonds is 4. The highest BCUT2D eigenvalue weighted by atomic mass is 16.5. The van der Waals surface area contributed by atoms with Crippen molar-refractivity contribution in [3.63, 3.8) is 0 Å². The SMILES string of the molecule is CCO[C@@H]1C[C@H](Nc2c(C#N)c(=O)n(C)c(=O)n2C)C12CCCC2. The maximum absolute atomic E-state index is 12.2. The summed E-state index contributed by atoms with van der Waals surface area (Å²) in [6.07, 6.45) is 5.55. The number of hydrogen-bond donors (Lipinski definition) is 1. The molecule has 0 unspecified atom stereocenters. The van der Waals surface area contributed by atoms with Crippen LogP contribution in [0.4, 0.5) is 5.82 Å². The molecule has 24 heavy (non-hydrogen) atoms. The molecule has 0 radical (unpaired) electrons. The molecular formula is C17H24N4O3. The number of aromatic nitrogens is 2. The molecule has 2 saturated carbocycles. The zero-order valence-corrected chi connectivity index (χ0v) is 14.5. The molecule has 2 atom stereocenters. The monoisotopic (exact) mass is 332 g/mol. The summed E-state index contributed by atoms with van der Waals surface area (Å²) in [5.41, 5.74) is -0.931. The van der Waals surface area contributed by atoms with E-state index in [1.807, 2.05) is 13.0 Å². The smallest absolute Gasteiger partial charge is 0.332 e. The highest BCUT2D eigenvalue weighted by Gasteiger charge is 2.57. The van der Waals surface area contributed by atoms with E-state index in [1.165, 1.54) is 24.5 Å². The second-order valence-electron chi connectivity index (χ2n) is 6.86. The van der Waals surface area contributed by atoms with E-state index in [0.29, 0.717) is 12.4 Å². The maximum atomic E-state index is 12.2. The first-order valence-corrected chi connectivity index (χ1v) is 8.54. The minimum Gasteiger partial charge on any atom is -0.378 e. The van der Waals surface area contributed by atoms with E-state index in [0.717, 1.165) is 23.8 Å². The lowest BCUT2D eigenvalue weighted by atomic mass is 9.60. The number of hydrogen-bond acceptors (Lipinski definition) is 5. The first-order valence-electron chi connectivity index (χ1n) is 8.54. The Hall–Kier alpha value is -2.07. The number of nitriles is 1. The Labute approximate surface area is 140 Å². The summed E-state index contributed by atoms with van der Waals surface area (Å²) >= 11 is 0. The van der Waals surface area contributed by atoms with Gasteiger partial charge in [-0.3, -0.25) is 13.9 Å². The summed E-state index contributed by atoms with van der Waals surface area (Å²) in [4.78, 5) is 24.4. The van der Waals surface area contributed by atoms with Crippen LogP contribution in [0.5, 0.6) is 0 Å². The molecule has 130 valence electrons. The topological polar surface area (TPSA) is 89.1 Å². The van der Waals surface area contributed by atoms with Crippen molar-refractivity contribution in [3.05, 3.63) is 26.4 Å². The predicted octanol–water partition coefficient (Wildman–Crippen LogP) is 1.11. The molecule has 3 rings (SSSR count). The molecule has 0 aliphatic heterocycles. The van der Waals surface area contributed by atoms with Gasteiger partial charge in [0.05, 0.1) is 6.10 Å². The van der Waals surface area contributed by atoms with Crippen molar-refractivity contribution < 1.29 is 4.74 Å². The van der Waals surface area contributed by atoms with Crippen molar-refractivity contribution in [2.75, 3.05) is 11.9 Å². The minimum absolute atomic E-state index is 0.00685. The van der Waals surface area contributed by atoms with Crippen LogP contribution in [0.2, 0.25) is 0 Å². The third-order valence-electron chi connectivity index (χ3n) is 5.77. The van der Waals surface area contributed by atoms with Crippen LogP contribution in [0.1, 0.15) is 44.6 Å². The normalized spacial score (nSPS) is 24.6. The van der Waals surface area contributed by atoms with Crippen LogP contribution in [0, 0.1) is 16.7 Å². The third-order valence-corrected chi connectivity index (χ3v) is 5.77. The van der Waals surface area contributed by atoms with Gasteiger partial charge in [0, 0.05) is 32.2 Å². The Morgan fingerprint density at radius 3 is 2.54 bits per heavy atom. The van der Waals surface area contributed by atoms with E-state index in [9.17, 15) is 14.9 Å². The average Bonchev–Trinajstić information content (AvgIpc) is 3.09. The Balaban J connectivity index is 1.97. The van der Waals surface area contributed by atoms with Crippen LogP contribution in [0.25, 0.3) is 0 Å². The van der Waals surface area contributed by atoms with Gasteiger partial charge < -0.3 is 10.1 Å². The highest BCUT2D eigenvalue weighted by Crippen LogP contribution is 2.55. The molecule has 7 heteroatoms. The number of ether oxygens (including phenoxy) is 1. The van der Waals surface area contributed by atoms with Crippen LogP contribution >= 0.6 is 0 Å². The third kappa shape index (κ3) is 2.28. The van der Waals surface area contributed by atoms with Crippen molar-refractivity contribution in [3.8, 4) is 6.07 Å². The van der Waals surface area contributed by atoms with E-state index in [1.54, 1.807) is 7.05 Å². The molecule has 1 heterocycles. The summed E-state index contributed by atoms with van der Waals surface area (Å²) in [5, 5.41) is 12.7. The van der Waals surface area contributed by atoms with Gasteiger partial charge in [0.1, 0.15) is 11.9 Å². The lowest BCUT2D eigenvalue weighted by molar-refractivity contribution is -0.114. The zero-order valence-electron chi connectivity index (χ0n) is 14.5. The molecule has 0 bridgehead atoms. The van der Waals surface area contributed by atoms with Gasteiger partial charge in [0.25, 0.3) is 5.56 Å². The van der Waals surface area contributed by atoms with Crippen molar-refractivity contribution in [1.29, 1.82) is 5.26 Å². The lowest BCUT2D eigenvalue weighted by Gasteiger charge is -2.54. The van der Waals surface area contributed by atoms with Crippen molar-refractivity contribution >= 4 is 5.82 Å². The first-order chi connectivity index (χ1) is 11.5. The molecule has 2 aliphatic rings. The van der Waals surface area contributed by atoms with E-state index in [4.69, 9.17) is 4.74 Å². The van der Waals surface area contributed by atoms with Crippen molar-refractivity contribution in [2.45, 2.75) is 51.2 Å². The Morgan fingerprint density at radius 1 is 1.29 bits per heavy atom. The van der Waals surface area contributed by atoms with Gasteiger partial charge in [-0.05, 0) is 26.2 Å². The van der Waals surface area contributed by atoms with Gasteiger partial charge in [0.15, 0.2) is 5.56 Å². The summed E-state index contributed by atoms with van der Waals surface area (Å²) in [5.74, 6) is 0.330. The fraction of sp³-hybridized carbons (Fsp3) is 0.706. The van der Waals surface area contributed by atoms with Gasteiger partial charge in [-0.15, -0.1) is 0 Å². The molecule has 0 aromatic carbocycles. The molecule has 1 aromatic heterocycles. The van der Waals surface area contributed by atoms with Crippen LogP contribution < -0.4 is 16.6 Å². The van der Waals surface area contributed by atoms with Gasteiger partial charge in [-0.1, -0.05) is 12.8 Å². The molecule has 0 saturated heterocycles. The Bertz CT molecular complexity index is 796. The lowest BCUT2D eigenvalue weighted by Crippen LogP contribution is -2.60. The summed E-state index contributed by atoms with van der Waals surface area (Å²) in [7, 11) is 2.98. The summed E-state index contributed by atoms with van der Waals surface area (Å²) in [6, 6.07) is 2.08. The molecule has 7 nitrogen and oxygen atoms in total. The van der Waals surface area contributed by atoms with Gasteiger partial charge in [-0.2, -0.15) is 5.26 Å². The second-order valence-corrected chi connectivity index (χ2v) is 6.86. The van der Waals surface area contributed by atoms with Crippen LogP contribution in [0.3, 0.4) is 0 Å². The zero-order chi connectivity index (χ0) is 17.5. The first kappa shape index (κ1) is 16.8. The quantitative estimate of drug-likeness (QED) is 0.892. The molecule has 0 amide bonds. The van der Waals surface area contributed by atoms with Crippen LogP contribution in [0.15, 0.2) is 9.59 Å². The highest BCUT2D eigenvalue weighted by molar-refractivity contribution is 5.52. The van der Waals surface area contributed by atoms with E-state index in [-0.39, 0.29) is 23.1 Å². The second kappa shape index (κ2) is 6.10. The van der Waals surface area contributed by atoms with Gasteiger partial charge in [0.2, 0.25) is 0 Å². The molecule has 2 aliphatic carbocycles. The van der Waals surface area contributed by atoms with Crippen molar-refractivity contribution in [2.24, 2.45) is 19.5 Å². The molecular weight excluding hydrogens is 308 g/mol. The molecule has 1 spiro atoms. The van der Waals surface area contributed by atoms with E-state index >= 15 is 0 Å². The fourth-order valence-corrected chi connectivity index (χ4v) is 4.37. The van der Waals surface area contributed by atoms with E-state index < -0.39 is 11.2 Å². The minimum atomic E-state index is -0.552. The largest absolute Gasteiger partial charge is 0.378 e. The molecule has 1 N–H and O–H groups in total. The van der Waals surface area contributed by atoms with Gasteiger partial charge in [-0.25, -0.2) is 4.79 Å². The molecule has 1 aromatic rings. The predicted molar refractivity (Wildman–Crippen MR) is 90.0 cm³/mol. The standard InChI is InChI=1S/C17H24N4O3/c1-4-24-13-9-12(17(13)7-5-6-8-17)19-14-11(10-18)15(22)21(3)16(23)20(14)2/h12-13,19H,4-9H2,1-3H3/t12-,13+/m0/s1. The van der Waals surface area contributed by atoms with Crippen molar-refractivity contribution in [1.82, 2.24) is 9.13 Å². The number of nitrogens with one attached hydrogen (secondary N) is 1. The average molecular weight is 332 g/mol. The number of nitrogens with zero attached hydrogens (tertiary/aromatic N) is 3. The van der Waals surface area contributed by atoms with Crippen LogP contribution in [-0.4, -0.2) is 27.9 Å². The maximum Gasteiger partial charge on any atom is 0.332 e. The summed E-state index contributed by atoms with van der Waals surface area (Å²) in [6.45, 7) is 2.69. The summed E-state index contributed by atoms with van der Waals surface area (Å²) < 4.78 is 8.23. The van der Waals surface area contributed by atoms with Gasteiger partial charge >= 0.3 is 5.69 Å². The Morgan fingerprint density at radius 2 is 1.96 bits per heavy atom. The Kier molecular flexibility index (Phi) is 4.26. The fourth-order valence-electron chi connectivity index (χ4n) is 4.37.